The lowest BCUT2D eigenvalue weighted by Gasteiger charge is -2.20. The van der Waals surface area contributed by atoms with Crippen LogP contribution in [0.2, 0.25) is 0 Å². The quantitative estimate of drug-likeness (QED) is 0.617. The van der Waals surface area contributed by atoms with Gasteiger partial charge in [-0.1, -0.05) is 44.2 Å². The smallest absolute Gasteiger partial charge is 0.158 e. The lowest BCUT2D eigenvalue weighted by Crippen LogP contribution is -2.26. The average Bonchev–Trinajstić information content (AvgIpc) is 3.06. The molecule has 2 N–H and O–H groups in total. The van der Waals surface area contributed by atoms with Crippen LogP contribution in [-0.2, 0) is 11.3 Å². The van der Waals surface area contributed by atoms with Crippen molar-refractivity contribution in [3.05, 3.63) is 41.5 Å². The number of aliphatic hydroxyl groups excluding tert-OH is 1. The normalized spacial score (nSPS) is 12.7. The Kier molecular flexibility index (Phi) is 6.19. The van der Waals surface area contributed by atoms with Gasteiger partial charge >= 0.3 is 0 Å². The van der Waals surface area contributed by atoms with Gasteiger partial charge in [0.05, 0.1) is 18.0 Å². The highest BCUT2D eigenvalue weighted by atomic mass is 32.1. The van der Waals surface area contributed by atoms with Crippen molar-refractivity contribution in [3.63, 3.8) is 0 Å². The summed E-state index contributed by atoms with van der Waals surface area (Å²) < 4.78 is 5.22. The Morgan fingerprint density at radius 3 is 2.62 bits per heavy atom. The molecule has 0 aliphatic carbocycles. The summed E-state index contributed by atoms with van der Waals surface area (Å²) in [6.45, 7) is 4.72. The van der Waals surface area contributed by atoms with E-state index in [2.05, 4.69) is 41.7 Å². The Bertz CT molecular complexity index is 849. The molecule has 2 aromatic heterocycles. The van der Waals surface area contributed by atoms with Crippen LogP contribution in [0.15, 0.2) is 35.7 Å². The summed E-state index contributed by atoms with van der Waals surface area (Å²) in [5, 5.41) is 16.4. The van der Waals surface area contributed by atoms with Crippen LogP contribution in [0.1, 0.15) is 26.1 Å². The molecule has 0 radical (unpaired) electrons. The number of thiophene rings is 1. The summed E-state index contributed by atoms with van der Waals surface area (Å²) in [4.78, 5) is 10.3. The second kappa shape index (κ2) is 8.58. The molecule has 3 aromatic rings. The van der Waals surface area contributed by atoms with Gasteiger partial charge in [0, 0.05) is 18.1 Å². The summed E-state index contributed by atoms with van der Waals surface area (Å²) in [7, 11) is 1.64. The zero-order valence-corrected chi connectivity index (χ0v) is 16.2. The molecule has 1 atom stereocenters. The van der Waals surface area contributed by atoms with Crippen molar-refractivity contribution in [1.82, 2.24) is 9.97 Å². The number of hydrogen-bond acceptors (Lipinski definition) is 6. The Labute approximate surface area is 158 Å². The molecule has 0 spiro atoms. The zero-order chi connectivity index (χ0) is 18.5. The van der Waals surface area contributed by atoms with E-state index in [0.717, 1.165) is 33.6 Å². The third kappa shape index (κ3) is 4.20. The Morgan fingerprint density at radius 2 is 1.96 bits per heavy atom. The first-order chi connectivity index (χ1) is 12.6. The minimum atomic E-state index is -0.0491. The largest absolute Gasteiger partial charge is 0.394 e. The molecule has 0 aliphatic heterocycles. The van der Waals surface area contributed by atoms with Crippen LogP contribution in [0, 0.1) is 5.92 Å². The molecule has 138 valence electrons. The van der Waals surface area contributed by atoms with Gasteiger partial charge in [-0.3, -0.25) is 0 Å². The van der Waals surface area contributed by atoms with Crippen LogP contribution in [0.25, 0.3) is 21.3 Å². The lowest BCUT2D eigenvalue weighted by atomic mass is 10.0. The average molecular weight is 372 g/mol. The van der Waals surface area contributed by atoms with Crippen molar-refractivity contribution in [2.45, 2.75) is 32.9 Å². The number of aromatic nitrogens is 2. The van der Waals surface area contributed by atoms with E-state index >= 15 is 0 Å². The number of ether oxygens (including phenoxy) is 1. The van der Waals surface area contributed by atoms with Crippen molar-refractivity contribution >= 4 is 27.4 Å². The fourth-order valence-electron chi connectivity index (χ4n) is 3.06. The molecule has 1 unspecified atom stereocenters. The maximum absolute atomic E-state index is 9.79. The highest BCUT2D eigenvalue weighted by Gasteiger charge is 2.18. The number of rotatable bonds is 8. The molecule has 2 heterocycles. The van der Waals surface area contributed by atoms with Crippen LogP contribution < -0.4 is 5.32 Å². The number of anilines is 1. The molecular weight excluding hydrogens is 346 g/mol. The second-order valence-corrected chi connectivity index (χ2v) is 7.63. The van der Waals surface area contributed by atoms with Gasteiger partial charge in [0.15, 0.2) is 5.82 Å². The highest BCUT2D eigenvalue weighted by Crippen LogP contribution is 2.37. The van der Waals surface area contributed by atoms with Crippen LogP contribution in [0.4, 0.5) is 5.82 Å². The Morgan fingerprint density at radius 1 is 1.19 bits per heavy atom. The third-order valence-electron chi connectivity index (χ3n) is 4.16. The highest BCUT2D eigenvalue weighted by molar-refractivity contribution is 7.17. The Balaban J connectivity index is 2.09. The topological polar surface area (TPSA) is 67.3 Å². The van der Waals surface area contributed by atoms with E-state index in [9.17, 15) is 5.11 Å². The van der Waals surface area contributed by atoms with Crippen LogP contribution >= 0.6 is 11.3 Å². The second-order valence-electron chi connectivity index (χ2n) is 6.77. The van der Waals surface area contributed by atoms with E-state index < -0.39 is 0 Å². The number of nitrogens with one attached hydrogen (secondary N) is 1. The fourth-order valence-corrected chi connectivity index (χ4v) is 4.02. The number of fused-ring (bicyclic) bond motifs is 1. The molecule has 26 heavy (non-hydrogen) atoms. The van der Waals surface area contributed by atoms with Crippen LogP contribution in [-0.4, -0.2) is 34.8 Å². The van der Waals surface area contributed by atoms with E-state index in [0.29, 0.717) is 18.3 Å². The standard InChI is InChI=1S/C20H25N3O2S/c1-13(2)9-15(10-24)21-19-18-16(14-7-5-4-6-8-14)12-26-20(18)23-17(22-19)11-25-3/h4-8,12-13,15,24H,9-11H2,1-3H3,(H,21,22,23). The van der Waals surface area contributed by atoms with Gasteiger partial charge in [-0.15, -0.1) is 11.3 Å². The summed E-state index contributed by atoms with van der Waals surface area (Å²) in [5.74, 6) is 1.89. The first-order valence-electron chi connectivity index (χ1n) is 8.82. The minimum absolute atomic E-state index is 0.0491. The summed E-state index contributed by atoms with van der Waals surface area (Å²) in [6.07, 6.45) is 0.867. The van der Waals surface area contributed by atoms with Crippen molar-refractivity contribution in [2.24, 2.45) is 5.92 Å². The molecule has 0 saturated carbocycles. The predicted octanol–water partition coefficient (Wildman–Crippen LogP) is 4.32. The predicted molar refractivity (Wildman–Crippen MR) is 108 cm³/mol. The summed E-state index contributed by atoms with van der Waals surface area (Å²) >= 11 is 1.60. The van der Waals surface area contributed by atoms with E-state index in [1.54, 1.807) is 18.4 Å². The Hall–Kier alpha value is -2.02. The SMILES string of the molecule is COCc1nc(NC(CO)CC(C)C)c2c(-c3ccccc3)csc2n1. The molecule has 0 bridgehead atoms. The number of hydrogen-bond donors (Lipinski definition) is 2. The van der Waals surface area contributed by atoms with Crippen molar-refractivity contribution in [1.29, 1.82) is 0 Å². The van der Waals surface area contributed by atoms with E-state index in [4.69, 9.17) is 9.72 Å². The number of aliphatic hydroxyl groups is 1. The van der Waals surface area contributed by atoms with Gasteiger partial charge in [-0.05, 0) is 17.9 Å². The molecule has 3 rings (SSSR count). The van der Waals surface area contributed by atoms with Crippen molar-refractivity contribution in [2.75, 3.05) is 19.0 Å². The molecule has 1 aromatic carbocycles. The summed E-state index contributed by atoms with van der Waals surface area (Å²) in [6, 6.07) is 10.2. The zero-order valence-electron chi connectivity index (χ0n) is 15.4. The first-order valence-corrected chi connectivity index (χ1v) is 9.70. The van der Waals surface area contributed by atoms with E-state index in [1.165, 1.54) is 0 Å². The maximum Gasteiger partial charge on any atom is 0.158 e. The van der Waals surface area contributed by atoms with Gasteiger partial charge in [-0.2, -0.15) is 0 Å². The molecule has 0 aliphatic rings. The summed E-state index contributed by atoms with van der Waals surface area (Å²) in [5.41, 5.74) is 2.24. The lowest BCUT2D eigenvalue weighted by molar-refractivity contribution is 0.178. The van der Waals surface area contributed by atoms with Crippen LogP contribution in [0.3, 0.4) is 0 Å². The van der Waals surface area contributed by atoms with Gasteiger partial charge in [-0.25, -0.2) is 9.97 Å². The number of benzene rings is 1. The van der Waals surface area contributed by atoms with E-state index in [-0.39, 0.29) is 12.6 Å². The van der Waals surface area contributed by atoms with E-state index in [1.807, 2.05) is 18.2 Å². The molecule has 6 heteroatoms. The third-order valence-corrected chi connectivity index (χ3v) is 5.03. The van der Waals surface area contributed by atoms with Gasteiger partial charge in [0.1, 0.15) is 17.3 Å². The first kappa shape index (κ1) is 18.8. The fraction of sp³-hybridized carbons (Fsp3) is 0.400. The van der Waals surface area contributed by atoms with Gasteiger partial charge < -0.3 is 15.2 Å². The van der Waals surface area contributed by atoms with Crippen molar-refractivity contribution < 1.29 is 9.84 Å². The molecule has 5 nitrogen and oxygen atoms in total. The molecule has 0 saturated heterocycles. The maximum atomic E-state index is 9.79. The number of methoxy groups -OCH3 is 1. The van der Waals surface area contributed by atoms with Crippen LogP contribution in [0.5, 0.6) is 0 Å². The van der Waals surface area contributed by atoms with Crippen molar-refractivity contribution in [3.8, 4) is 11.1 Å². The molecule has 0 fully saturated rings. The van der Waals surface area contributed by atoms with Gasteiger partial charge in [0.25, 0.3) is 0 Å². The van der Waals surface area contributed by atoms with Gasteiger partial charge in [0.2, 0.25) is 0 Å². The number of nitrogens with zero attached hydrogens (tertiary/aromatic N) is 2. The minimum Gasteiger partial charge on any atom is -0.394 e. The monoisotopic (exact) mass is 371 g/mol. The molecular formula is C20H25N3O2S. The molecule has 0 amide bonds.